The molecule has 0 saturated heterocycles. The maximum absolute atomic E-state index is 13.5. The summed E-state index contributed by atoms with van der Waals surface area (Å²) in [6.07, 6.45) is -13.3. The number of amides is 2. The second-order valence-corrected chi connectivity index (χ2v) is 5.59. The lowest BCUT2D eigenvalue weighted by molar-refractivity contribution is -0.273. The van der Waals surface area contributed by atoms with Gasteiger partial charge in [-0.25, -0.2) is 4.90 Å². The van der Waals surface area contributed by atoms with Gasteiger partial charge in [-0.05, 0) is 11.5 Å². The van der Waals surface area contributed by atoms with Gasteiger partial charge in [0.2, 0.25) is 0 Å². The fraction of sp³-hybridized carbons (Fsp3) is 0.250. The van der Waals surface area contributed by atoms with E-state index in [1.54, 1.807) is 0 Å². The first-order valence-electron chi connectivity index (χ1n) is 7.29. The molecule has 0 aliphatic carbocycles. The van der Waals surface area contributed by atoms with Crippen LogP contribution in [0.15, 0.2) is 42.5 Å². The van der Waals surface area contributed by atoms with Crippen LogP contribution in [0.4, 0.5) is 49.6 Å². The monoisotopic (exact) mass is 435 g/mol. The first kappa shape index (κ1) is 22.4. The number of fused-ring (bicyclic) bond motifs is 1. The maximum atomic E-state index is 13.5. The van der Waals surface area contributed by atoms with Crippen molar-refractivity contribution in [1.29, 1.82) is 0 Å². The predicted molar refractivity (Wildman–Crippen MR) is 78.4 cm³/mol. The lowest BCUT2D eigenvalue weighted by Gasteiger charge is -2.30. The zero-order valence-electron chi connectivity index (χ0n) is 13.6. The molecule has 0 fully saturated rings. The van der Waals surface area contributed by atoms with E-state index < -0.39 is 52.0 Å². The number of rotatable bonds is 3. The fourth-order valence-corrected chi connectivity index (χ4v) is 2.24. The van der Waals surface area contributed by atoms with E-state index in [1.807, 2.05) is 0 Å². The third-order valence-electron chi connectivity index (χ3n) is 3.66. The Morgan fingerprint density at radius 1 is 0.621 bits per heavy atom. The van der Waals surface area contributed by atoms with Crippen molar-refractivity contribution < 1.29 is 53.5 Å². The minimum atomic E-state index is -6.67. The van der Waals surface area contributed by atoms with Crippen molar-refractivity contribution in [3.8, 4) is 0 Å². The maximum Gasteiger partial charge on any atom is 0.463 e. The summed E-state index contributed by atoms with van der Waals surface area (Å²) in [5, 5.41) is -0.533. The Morgan fingerprint density at radius 3 is 1.48 bits per heavy atom. The van der Waals surface area contributed by atoms with Crippen molar-refractivity contribution in [1.82, 2.24) is 0 Å². The van der Waals surface area contributed by atoms with E-state index in [9.17, 15) is 53.5 Å². The minimum absolute atomic E-state index is 0.0405. The lowest BCUT2D eigenvalue weighted by Crippen LogP contribution is -2.60. The summed E-state index contributed by atoms with van der Waals surface area (Å²) in [5.74, 6) is -20.1. The molecule has 0 saturated carbocycles. The van der Waals surface area contributed by atoms with Gasteiger partial charge in [0, 0.05) is 5.39 Å². The highest BCUT2D eigenvalue weighted by Crippen LogP contribution is 2.43. The van der Waals surface area contributed by atoms with Crippen molar-refractivity contribution >= 4 is 28.3 Å². The first-order valence-corrected chi connectivity index (χ1v) is 7.29. The van der Waals surface area contributed by atoms with Crippen molar-refractivity contribution in [3.63, 3.8) is 0 Å². The molecule has 2 aromatic carbocycles. The van der Waals surface area contributed by atoms with Crippen LogP contribution in [-0.2, 0) is 9.59 Å². The summed E-state index contributed by atoms with van der Waals surface area (Å²) >= 11 is 0. The molecule has 13 heteroatoms. The number of carbonyl (C=O) groups is 2. The quantitative estimate of drug-likeness (QED) is 0.630. The molecular weight excluding hydrogens is 428 g/mol. The Kier molecular flexibility index (Phi) is 5.32. The van der Waals surface area contributed by atoms with Crippen LogP contribution in [0.3, 0.4) is 0 Å². The Labute approximate surface area is 154 Å². The van der Waals surface area contributed by atoms with Gasteiger partial charge in [0.05, 0.1) is 5.69 Å². The van der Waals surface area contributed by atoms with E-state index in [-0.39, 0.29) is 5.39 Å². The lowest BCUT2D eigenvalue weighted by atomic mass is 10.1. The van der Waals surface area contributed by atoms with E-state index in [0.29, 0.717) is 6.07 Å². The molecule has 0 heterocycles. The van der Waals surface area contributed by atoms with Gasteiger partial charge in [-0.1, -0.05) is 36.4 Å². The van der Waals surface area contributed by atoms with Crippen molar-refractivity contribution in [2.24, 2.45) is 0 Å². The van der Waals surface area contributed by atoms with Crippen molar-refractivity contribution in [2.45, 2.75) is 24.2 Å². The van der Waals surface area contributed by atoms with E-state index in [0.717, 1.165) is 18.2 Å². The van der Waals surface area contributed by atoms with Crippen LogP contribution in [0.5, 0.6) is 0 Å². The Balaban J connectivity index is 2.80. The van der Waals surface area contributed by atoms with Crippen LogP contribution in [-0.4, -0.2) is 36.0 Å². The number of alkyl halides is 10. The van der Waals surface area contributed by atoms with Crippen molar-refractivity contribution in [2.75, 3.05) is 4.90 Å². The zero-order chi connectivity index (χ0) is 22.4. The molecule has 0 radical (unpaired) electrons. The van der Waals surface area contributed by atoms with Crippen LogP contribution in [0.25, 0.3) is 10.8 Å². The molecule has 158 valence electrons. The highest BCUT2D eigenvalue weighted by molar-refractivity contribution is 6.22. The standard InChI is InChI=1S/C16H7F10NO2/c17-13(18,15(21,22)23)11(28)27(12(29)14(19,20)16(24,25)26)10-7-3-5-8-4-1-2-6-9(8)10/h1-7H. The average molecular weight is 435 g/mol. The smallest absolute Gasteiger partial charge is 0.267 e. The van der Waals surface area contributed by atoms with E-state index in [1.165, 1.54) is 18.2 Å². The molecule has 0 unspecified atom stereocenters. The second kappa shape index (κ2) is 6.88. The summed E-state index contributed by atoms with van der Waals surface area (Å²) in [6.45, 7) is 0. The minimum Gasteiger partial charge on any atom is -0.267 e. The Hall–Kier alpha value is -2.86. The van der Waals surface area contributed by atoms with Gasteiger partial charge >= 0.3 is 36.0 Å². The second-order valence-electron chi connectivity index (χ2n) is 5.59. The number of benzene rings is 2. The van der Waals surface area contributed by atoms with Crippen LogP contribution in [0.1, 0.15) is 0 Å². The Bertz CT molecular complexity index is 905. The van der Waals surface area contributed by atoms with E-state index >= 15 is 0 Å². The summed E-state index contributed by atoms with van der Waals surface area (Å²) < 4.78 is 129. The number of nitrogens with zero attached hydrogens (tertiary/aromatic N) is 1. The molecule has 0 spiro atoms. The topological polar surface area (TPSA) is 37.4 Å². The first-order chi connectivity index (χ1) is 13.0. The molecule has 29 heavy (non-hydrogen) atoms. The van der Waals surface area contributed by atoms with E-state index in [4.69, 9.17) is 0 Å². The summed E-state index contributed by atoms with van der Waals surface area (Å²) in [7, 11) is 0. The SMILES string of the molecule is O=C(N(C(=O)C(F)(F)C(F)(F)F)c1cccc2ccccc12)C(F)(F)C(F)(F)F. The molecule has 0 bridgehead atoms. The molecule has 2 amide bonds. The van der Waals surface area contributed by atoms with Crippen LogP contribution >= 0.6 is 0 Å². The average Bonchev–Trinajstić information content (AvgIpc) is 2.59. The summed E-state index contributed by atoms with van der Waals surface area (Å²) in [5.41, 5.74) is -1.30. The normalized spacial score (nSPS) is 13.4. The third kappa shape index (κ3) is 3.72. The third-order valence-corrected chi connectivity index (χ3v) is 3.66. The van der Waals surface area contributed by atoms with Gasteiger partial charge in [-0.15, -0.1) is 0 Å². The van der Waals surface area contributed by atoms with Gasteiger partial charge in [0.25, 0.3) is 0 Å². The van der Waals surface area contributed by atoms with E-state index in [2.05, 4.69) is 0 Å². The molecule has 0 aliphatic heterocycles. The summed E-state index contributed by atoms with van der Waals surface area (Å²) in [6, 6.07) is 7.10. The highest BCUT2D eigenvalue weighted by Gasteiger charge is 2.70. The molecular formula is C16H7F10NO2. The summed E-state index contributed by atoms with van der Waals surface area (Å²) in [4.78, 5) is 22.1. The number of halogens is 10. The molecule has 2 rings (SSSR count). The van der Waals surface area contributed by atoms with Crippen molar-refractivity contribution in [3.05, 3.63) is 42.5 Å². The van der Waals surface area contributed by atoms with Crippen LogP contribution < -0.4 is 4.90 Å². The van der Waals surface area contributed by atoms with Gasteiger partial charge in [0.1, 0.15) is 0 Å². The molecule has 0 atom stereocenters. The molecule has 0 N–H and O–H groups in total. The number of imide groups is 1. The molecule has 0 aliphatic rings. The van der Waals surface area contributed by atoms with Crippen LogP contribution in [0.2, 0.25) is 0 Å². The highest BCUT2D eigenvalue weighted by atomic mass is 19.4. The van der Waals surface area contributed by atoms with Gasteiger partial charge in [0.15, 0.2) is 0 Å². The van der Waals surface area contributed by atoms with Crippen LogP contribution in [0, 0.1) is 0 Å². The molecule has 3 nitrogen and oxygen atoms in total. The number of anilines is 1. The Morgan fingerprint density at radius 2 is 1.03 bits per heavy atom. The molecule has 2 aromatic rings. The number of carbonyl (C=O) groups excluding carboxylic acids is 2. The largest absolute Gasteiger partial charge is 0.463 e. The predicted octanol–water partition coefficient (Wildman–Crippen LogP) is 5.09. The number of hydrogen-bond acceptors (Lipinski definition) is 2. The number of hydrogen-bond donors (Lipinski definition) is 0. The van der Waals surface area contributed by atoms with Gasteiger partial charge in [-0.3, -0.25) is 9.59 Å². The fourth-order valence-electron chi connectivity index (χ4n) is 2.24. The van der Waals surface area contributed by atoms with Gasteiger partial charge in [-0.2, -0.15) is 43.9 Å². The zero-order valence-corrected chi connectivity index (χ0v) is 13.6. The van der Waals surface area contributed by atoms with Gasteiger partial charge < -0.3 is 0 Å². The molecule has 0 aromatic heterocycles.